The molecule has 3 amide bonds. The summed E-state index contributed by atoms with van der Waals surface area (Å²) in [5, 5.41) is 5.62. The Labute approximate surface area is 216 Å². The van der Waals surface area contributed by atoms with Crippen molar-refractivity contribution in [1.82, 2.24) is 15.5 Å². The smallest absolute Gasteiger partial charge is 0.408 e. The molecule has 2 N–H and O–H groups in total. The second-order valence-corrected chi connectivity index (χ2v) is 11.5. The molecular formula is C27H41N3O4S. The molecular weight excluding hydrogens is 462 g/mol. The number of nitrogens with zero attached hydrogens (tertiary/aromatic N) is 1. The van der Waals surface area contributed by atoms with Gasteiger partial charge in [-0.25, -0.2) is 4.79 Å². The minimum Gasteiger partial charge on any atom is -0.444 e. The molecule has 1 aromatic rings. The van der Waals surface area contributed by atoms with E-state index in [2.05, 4.69) is 29.2 Å². The maximum absolute atomic E-state index is 14.0. The Morgan fingerprint density at radius 2 is 1.66 bits per heavy atom. The number of benzene rings is 1. The fourth-order valence-electron chi connectivity index (χ4n) is 3.45. The van der Waals surface area contributed by atoms with Crippen LogP contribution >= 0.6 is 12.6 Å². The van der Waals surface area contributed by atoms with Crippen LogP contribution in [0.15, 0.2) is 24.3 Å². The zero-order valence-electron chi connectivity index (χ0n) is 22.5. The maximum Gasteiger partial charge on any atom is 0.408 e. The molecule has 0 aliphatic rings. The summed E-state index contributed by atoms with van der Waals surface area (Å²) in [5.41, 5.74) is -1.02. The standard InChI is InChI=1S/C27H41N3O4S/c1-11-18-15-13-14-16-19(18)21(22(31)29-25(3,4)5)30(27(9,10)12-2)23(32)20(17-35)28-24(33)34-26(6,7)8/h1,13-16,20-21,35H,12,17H2,2-10H3,(H,28,33)(H,29,31). The average molecular weight is 504 g/mol. The first kappa shape index (κ1) is 30.4. The van der Waals surface area contributed by atoms with Crippen LogP contribution in [0.5, 0.6) is 0 Å². The Balaban J connectivity index is 3.68. The van der Waals surface area contributed by atoms with Crippen molar-refractivity contribution in [1.29, 1.82) is 0 Å². The molecule has 0 fully saturated rings. The number of thiol groups is 1. The highest BCUT2D eigenvalue weighted by Gasteiger charge is 2.44. The van der Waals surface area contributed by atoms with Crippen LogP contribution < -0.4 is 10.6 Å². The maximum atomic E-state index is 14.0. The van der Waals surface area contributed by atoms with Crippen LogP contribution in [0.4, 0.5) is 4.79 Å². The van der Waals surface area contributed by atoms with Gasteiger partial charge in [-0.2, -0.15) is 12.6 Å². The normalized spacial score (nSPS) is 13.7. The number of carbonyl (C=O) groups excluding carboxylic acids is 3. The van der Waals surface area contributed by atoms with E-state index < -0.39 is 40.8 Å². The van der Waals surface area contributed by atoms with Crippen molar-refractivity contribution in [2.75, 3.05) is 5.75 Å². The Bertz CT molecular complexity index is 954. The van der Waals surface area contributed by atoms with Crippen LogP contribution in [-0.4, -0.2) is 51.3 Å². The summed E-state index contributed by atoms with van der Waals surface area (Å²) in [5.74, 6) is 1.82. The van der Waals surface area contributed by atoms with Gasteiger partial charge in [-0.1, -0.05) is 31.0 Å². The third-order valence-electron chi connectivity index (χ3n) is 5.34. The van der Waals surface area contributed by atoms with E-state index in [0.29, 0.717) is 17.5 Å². The summed E-state index contributed by atoms with van der Waals surface area (Å²) in [6.45, 7) is 16.5. The van der Waals surface area contributed by atoms with Gasteiger partial charge in [-0.15, -0.1) is 6.42 Å². The van der Waals surface area contributed by atoms with Gasteiger partial charge in [0.2, 0.25) is 11.8 Å². The van der Waals surface area contributed by atoms with Gasteiger partial charge >= 0.3 is 6.09 Å². The molecule has 35 heavy (non-hydrogen) atoms. The Morgan fingerprint density at radius 1 is 1.09 bits per heavy atom. The Morgan fingerprint density at radius 3 is 2.11 bits per heavy atom. The van der Waals surface area contributed by atoms with Crippen LogP contribution in [0.3, 0.4) is 0 Å². The van der Waals surface area contributed by atoms with Gasteiger partial charge in [-0.05, 0) is 73.4 Å². The van der Waals surface area contributed by atoms with Gasteiger partial charge < -0.3 is 20.3 Å². The monoisotopic (exact) mass is 503 g/mol. The molecule has 0 bridgehead atoms. The molecule has 0 aliphatic carbocycles. The molecule has 0 radical (unpaired) electrons. The molecule has 1 rings (SSSR count). The van der Waals surface area contributed by atoms with Gasteiger partial charge in [0.1, 0.15) is 17.7 Å². The number of carbonyl (C=O) groups is 3. The van der Waals surface area contributed by atoms with Crippen molar-refractivity contribution in [2.45, 2.75) is 97.5 Å². The van der Waals surface area contributed by atoms with Gasteiger partial charge in [0.15, 0.2) is 0 Å². The minimum atomic E-state index is -1.04. The average Bonchev–Trinajstić information content (AvgIpc) is 2.72. The van der Waals surface area contributed by atoms with Gasteiger partial charge in [0.05, 0.1) is 0 Å². The van der Waals surface area contributed by atoms with Crippen molar-refractivity contribution < 1.29 is 19.1 Å². The van der Waals surface area contributed by atoms with Crippen LogP contribution in [0.2, 0.25) is 0 Å². The molecule has 2 unspecified atom stereocenters. The first-order chi connectivity index (χ1) is 16.0. The van der Waals surface area contributed by atoms with Crippen molar-refractivity contribution in [3.8, 4) is 12.3 Å². The summed E-state index contributed by atoms with van der Waals surface area (Å²) < 4.78 is 5.35. The fourth-order valence-corrected chi connectivity index (χ4v) is 3.70. The molecule has 0 aliphatic heterocycles. The molecule has 2 atom stereocenters. The topological polar surface area (TPSA) is 87.7 Å². The lowest BCUT2D eigenvalue weighted by atomic mass is 9.90. The second kappa shape index (κ2) is 11.9. The number of alkyl carbamates (subject to hydrolysis) is 1. The summed E-state index contributed by atoms with van der Waals surface area (Å²) >= 11 is 4.32. The molecule has 1 aromatic carbocycles. The van der Waals surface area contributed by atoms with Crippen molar-refractivity contribution in [2.24, 2.45) is 0 Å². The quantitative estimate of drug-likeness (QED) is 0.361. The first-order valence-corrected chi connectivity index (χ1v) is 12.4. The largest absolute Gasteiger partial charge is 0.444 e. The number of terminal acetylenes is 1. The number of amides is 3. The highest BCUT2D eigenvalue weighted by molar-refractivity contribution is 7.80. The number of rotatable bonds is 8. The van der Waals surface area contributed by atoms with Crippen LogP contribution in [0.1, 0.15) is 85.9 Å². The van der Waals surface area contributed by atoms with E-state index in [1.165, 1.54) is 4.90 Å². The third-order valence-corrected chi connectivity index (χ3v) is 5.71. The molecule has 0 saturated carbocycles. The van der Waals surface area contributed by atoms with E-state index in [1.807, 2.05) is 41.5 Å². The highest BCUT2D eigenvalue weighted by atomic mass is 32.1. The number of ether oxygens (including phenoxy) is 1. The molecule has 0 saturated heterocycles. The first-order valence-electron chi connectivity index (χ1n) is 11.8. The second-order valence-electron chi connectivity index (χ2n) is 11.1. The van der Waals surface area contributed by atoms with E-state index in [4.69, 9.17) is 11.2 Å². The van der Waals surface area contributed by atoms with Crippen molar-refractivity contribution >= 4 is 30.5 Å². The molecule has 0 aromatic heterocycles. The number of hydrogen-bond donors (Lipinski definition) is 3. The van der Waals surface area contributed by atoms with E-state index in [0.717, 1.165) is 0 Å². The Kier molecular flexibility index (Phi) is 10.3. The van der Waals surface area contributed by atoms with E-state index in [1.54, 1.807) is 45.0 Å². The molecule has 0 spiro atoms. The zero-order chi connectivity index (χ0) is 27.2. The van der Waals surface area contributed by atoms with Crippen LogP contribution in [0.25, 0.3) is 0 Å². The number of hydrogen-bond acceptors (Lipinski definition) is 5. The minimum absolute atomic E-state index is 0.0127. The fraction of sp³-hybridized carbons (Fsp3) is 0.593. The van der Waals surface area contributed by atoms with Crippen molar-refractivity contribution in [3.63, 3.8) is 0 Å². The van der Waals surface area contributed by atoms with E-state index >= 15 is 0 Å². The summed E-state index contributed by atoms with van der Waals surface area (Å²) in [6, 6.07) is 5.00. The number of nitrogens with one attached hydrogen (secondary N) is 2. The Hall–Kier alpha value is -2.66. The summed E-state index contributed by atoms with van der Waals surface area (Å²) in [7, 11) is 0. The SMILES string of the molecule is C#Cc1ccccc1C(C(=O)NC(C)(C)C)N(C(=O)C(CS)NC(=O)OC(C)(C)C)C(C)(C)CC. The lowest BCUT2D eigenvalue weighted by Gasteiger charge is -2.45. The van der Waals surface area contributed by atoms with E-state index in [-0.39, 0.29) is 11.7 Å². The van der Waals surface area contributed by atoms with Gasteiger partial charge in [-0.3, -0.25) is 9.59 Å². The summed E-state index contributed by atoms with van der Waals surface area (Å²) in [4.78, 5) is 41.8. The van der Waals surface area contributed by atoms with Gasteiger partial charge in [0, 0.05) is 22.4 Å². The molecule has 0 heterocycles. The summed E-state index contributed by atoms with van der Waals surface area (Å²) in [6.07, 6.45) is 5.58. The lowest BCUT2D eigenvalue weighted by Crippen LogP contribution is -2.60. The highest BCUT2D eigenvalue weighted by Crippen LogP contribution is 2.34. The lowest BCUT2D eigenvalue weighted by molar-refractivity contribution is -0.149. The zero-order valence-corrected chi connectivity index (χ0v) is 23.4. The predicted molar refractivity (Wildman–Crippen MR) is 143 cm³/mol. The molecule has 7 nitrogen and oxygen atoms in total. The molecule has 194 valence electrons. The third kappa shape index (κ3) is 8.81. The van der Waals surface area contributed by atoms with Crippen LogP contribution in [-0.2, 0) is 14.3 Å². The van der Waals surface area contributed by atoms with Crippen molar-refractivity contribution in [3.05, 3.63) is 35.4 Å². The van der Waals surface area contributed by atoms with Crippen LogP contribution in [0, 0.1) is 12.3 Å². The predicted octanol–water partition coefficient (Wildman–Crippen LogP) is 4.46. The van der Waals surface area contributed by atoms with Gasteiger partial charge in [0.25, 0.3) is 0 Å². The molecule has 8 heteroatoms. The van der Waals surface area contributed by atoms with E-state index in [9.17, 15) is 14.4 Å².